The van der Waals surface area contributed by atoms with Crippen molar-refractivity contribution in [2.75, 3.05) is 6.61 Å². The molecule has 2 aromatic heterocycles. The van der Waals surface area contributed by atoms with Gasteiger partial charge >= 0.3 is 5.97 Å². The molecule has 0 unspecified atom stereocenters. The second-order valence-electron chi connectivity index (χ2n) is 5.15. The largest absolute Gasteiger partial charge is 0.485 e. The lowest BCUT2D eigenvalue weighted by atomic mass is 10.2. The fourth-order valence-corrected chi connectivity index (χ4v) is 2.95. The van der Waals surface area contributed by atoms with Crippen LogP contribution in [0.5, 0.6) is 5.75 Å². The van der Waals surface area contributed by atoms with E-state index in [1.807, 2.05) is 0 Å². The molecule has 0 saturated carbocycles. The first kappa shape index (κ1) is 18.1. The number of aryl methyl sites for hydroxylation is 1. The van der Waals surface area contributed by atoms with Crippen LogP contribution < -0.4 is 4.74 Å². The van der Waals surface area contributed by atoms with Crippen LogP contribution in [-0.4, -0.2) is 28.5 Å². The van der Waals surface area contributed by atoms with Crippen LogP contribution in [-0.2, 0) is 11.3 Å². The highest BCUT2D eigenvalue weighted by Gasteiger charge is 2.14. The van der Waals surface area contributed by atoms with E-state index in [0.29, 0.717) is 32.2 Å². The molecule has 0 N–H and O–H groups in total. The van der Waals surface area contributed by atoms with E-state index in [9.17, 15) is 9.59 Å². The Labute approximate surface area is 157 Å². The Balaban J connectivity index is 1.50. The van der Waals surface area contributed by atoms with Gasteiger partial charge in [0.1, 0.15) is 5.75 Å². The molecule has 0 fully saturated rings. The zero-order chi connectivity index (χ0) is 18.5. The number of hydrogen-bond donors (Lipinski definition) is 0. The van der Waals surface area contributed by atoms with E-state index >= 15 is 0 Å². The van der Waals surface area contributed by atoms with Crippen LogP contribution in [0.4, 0.5) is 0 Å². The quantitative estimate of drug-likeness (QED) is 0.447. The molecule has 0 bridgehead atoms. The van der Waals surface area contributed by atoms with Crippen molar-refractivity contribution in [3.8, 4) is 5.75 Å². The maximum atomic E-state index is 12.0. The van der Waals surface area contributed by atoms with Crippen molar-refractivity contribution >= 4 is 34.7 Å². The molecular formula is C17H13ClN2O5S. The Morgan fingerprint density at radius 1 is 1.19 bits per heavy atom. The lowest BCUT2D eigenvalue weighted by Gasteiger charge is -2.06. The molecule has 3 aromatic rings. The highest BCUT2D eigenvalue weighted by Crippen LogP contribution is 2.22. The molecule has 0 aliphatic carbocycles. The maximum absolute atomic E-state index is 12.0. The van der Waals surface area contributed by atoms with Gasteiger partial charge in [-0.2, -0.15) is 4.98 Å². The van der Waals surface area contributed by atoms with Gasteiger partial charge in [-0.3, -0.25) is 4.79 Å². The van der Waals surface area contributed by atoms with Gasteiger partial charge in [-0.15, -0.1) is 11.3 Å². The third kappa shape index (κ3) is 4.68. The number of ether oxygens (including phenoxy) is 2. The van der Waals surface area contributed by atoms with E-state index < -0.39 is 5.97 Å². The van der Waals surface area contributed by atoms with Gasteiger partial charge in [0, 0.05) is 6.92 Å². The average molecular weight is 393 g/mol. The molecular weight excluding hydrogens is 380 g/mol. The third-order valence-corrected chi connectivity index (χ3v) is 4.48. The van der Waals surface area contributed by atoms with Crippen LogP contribution in [0.15, 0.2) is 40.9 Å². The minimum absolute atomic E-state index is 0.152. The van der Waals surface area contributed by atoms with E-state index in [4.69, 9.17) is 25.6 Å². The van der Waals surface area contributed by atoms with Crippen LogP contribution >= 0.6 is 22.9 Å². The van der Waals surface area contributed by atoms with Gasteiger partial charge in [0.05, 0.1) is 14.8 Å². The highest BCUT2D eigenvalue weighted by molar-refractivity contribution is 7.18. The molecule has 26 heavy (non-hydrogen) atoms. The Morgan fingerprint density at radius 2 is 1.96 bits per heavy atom. The second-order valence-corrected chi connectivity index (χ2v) is 6.86. The molecule has 3 rings (SSSR count). The molecule has 0 amide bonds. The van der Waals surface area contributed by atoms with Crippen LogP contribution in [0.3, 0.4) is 0 Å². The molecule has 0 saturated heterocycles. The summed E-state index contributed by atoms with van der Waals surface area (Å²) in [5.41, 5.74) is 0.310. The van der Waals surface area contributed by atoms with E-state index in [2.05, 4.69) is 10.1 Å². The van der Waals surface area contributed by atoms with Crippen LogP contribution in [0, 0.1) is 6.92 Å². The van der Waals surface area contributed by atoms with Crippen molar-refractivity contribution in [3.63, 3.8) is 0 Å². The summed E-state index contributed by atoms with van der Waals surface area (Å²) in [5.74, 6) is 0.527. The van der Waals surface area contributed by atoms with Crippen molar-refractivity contribution in [3.05, 3.63) is 62.9 Å². The molecule has 0 spiro atoms. The number of hydrogen-bond acceptors (Lipinski definition) is 8. The zero-order valence-electron chi connectivity index (χ0n) is 13.6. The Bertz CT molecular complexity index is 919. The van der Waals surface area contributed by atoms with Crippen LogP contribution in [0.25, 0.3) is 0 Å². The van der Waals surface area contributed by atoms with Gasteiger partial charge in [-0.05, 0) is 36.4 Å². The average Bonchev–Trinajstić information content (AvgIpc) is 3.26. The zero-order valence-corrected chi connectivity index (χ0v) is 15.2. The number of ketones is 1. The fraction of sp³-hybridized carbons (Fsp3) is 0.176. The normalized spacial score (nSPS) is 10.5. The number of thiophene rings is 1. The summed E-state index contributed by atoms with van der Waals surface area (Å²) < 4.78 is 15.9. The van der Waals surface area contributed by atoms with Crippen molar-refractivity contribution in [2.45, 2.75) is 13.5 Å². The Morgan fingerprint density at radius 3 is 2.58 bits per heavy atom. The number of nitrogens with zero attached hydrogens (tertiary/aromatic N) is 2. The number of halogens is 1. The van der Waals surface area contributed by atoms with Gasteiger partial charge in [-0.25, -0.2) is 4.79 Å². The van der Waals surface area contributed by atoms with Gasteiger partial charge in [-0.1, -0.05) is 16.8 Å². The first-order chi connectivity index (χ1) is 12.5. The predicted molar refractivity (Wildman–Crippen MR) is 93.8 cm³/mol. The molecule has 7 nitrogen and oxygen atoms in total. The van der Waals surface area contributed by atoms with Crippen molar-refractivity contribution in [1.82, 2.24) is 10.1 Å². The fourth-order valence-electron chi connectivity index (χ4n) is 1.98. The molecule has 0 aliphatic heterocycles. The molecule has 1 aromatic carbocycles. The summed E-state index contributed by atoms with van der Waals surface area (Å²) in [6, 6.07) is 9.54. The number of rotatable bonds is 7. The molecule has 0 atom stereocenters. The maximum Gasteiger partial charge on any atom is 0.338 e. The first-order valence-corrected chi connectivity index (χ1v) is 8.68. The van der Waals surface area contributed by atoms with E-state index in [0.717, 1.165) is 11.3 Å². The summed E-state index contributed by atoms with van der Waals surface area (Å²) in [7, 11) is 0. The van der Waals surface area contributed by atoms with Gasteiger partial charge < -0.3 is 14.0 Å². The highest BCUT2D eigenvalue weighted by atomic mass is 35.5. The van der Waals surface area contributed by atoms with Crippen molar-refractivity contribution in [2.24, 2.45) is 0 Å². The predicted octanol–water partition coefficient (Wildman–Crippen LogP) is 3.71. The van der Waals surface area contributed by atoms with Gasteiger partial charge in [0.25, 0.3) is 0 Å². The Hall–Kier alpha value is -2.71. The smallest absolute Gasteiger partial charge is 0.338 e. The SMILES string of the molecule is Cc1nc(COc2ccc(C(=O)OCC(=O)c3ccc(Cl)s3)cc2)no1. The molecule has 9 heteroatoms. The Kier molecular flexibility index (Phi) is 5.65. The lowest BCUT2D eigenvalue weighted by Crippen LogP contribution is -2.13. The summed E-state index contributed by atoms with van der Waals surface area (Å²) in [5, 5.41) is 3.72. The summed E-state index contributed by atoms with van der Waals surface area (Å²) in [4.78, 5) is 28.4. The van der Waals surface area contributed by atoms with E-state index in [-0.39, 0.29) is 19.0 Å². The minimum Gasteiger partial charge on any atom is -0.485 e. The van der Waals surface area contributed by atoms with Gasteiger partial charge in [0.15, 0.2) is 13.2 Å². The monoisotopic (exact) mass is 392 g/mol. The van der Waals surface area contributed by atoms with Crippen molar-refractivity contribution < 1.29 is 23.6 Å². The number of carbonyl (C=O) groups excluding carboxylic acids is 2. The molecule has 0 radical (unpaired) electrons. The standard InChI is InChI=1S/C17H13ClN2O5S/c1-10-19-16(20-25-10)9-23-12-4-2-11(3-5-12)17(22)24-8-13(21)14-6-7-15(18)26-14/h2-7H,8-9H2,1H3. The van der Waals surface area contributed by atoms with Crippen LogP contribution in [0.1, 0.15) is 31.7 Å². The topological polar surface area (TPSA) is 91.5 Å². The van der Waals surface area contributed by atoms with Gasteiger partial charge in [0.2, 0.25) is 17.5 Å². The number of benzene rings is 1. The second kappa shape index (κ2) is 8.11. The third-order valence-electron chi connectivity index (χ3n) is 3.21. The number of aromatic nitrogens is 2. The number of carbonyl (C=O) groups is 2. The van der Waals surface area contributed by atoms with Crippen LogP contribution in [0.2, 0.25) is 4.34 Å². The summed E-state index contributed by atoms with van der Waals surface area (Å²) >= 11 is 6.92. The summed E-state index contributed by atoms with van der Waals surface area (Å²) in [6.07, 6.45) is 0. The number of Topliss-reactive ketones (excluding diaryl/α,β-unsaturated/α-hetero) is 1. The van der Waals surface area contributed by atoms with Crippen molar-refractivity contribution in [1.29, 1.82) is 0 Å². The van der Waals surface area contributed by atoms with E-state index in [1.54, 1.807) is 43.3 Å². The molecule has 134 valence electrons. The molecule has 2 heterocycles. The minimum atomic E-state index is -0.596. The molecule has 0 aliphatic rings. The van der Waals surface area contributed by atoms with E-state index in [1.165, 1.54) is 0 Å². The lowest BCUT2D eigenvalue weighted by molar-refractivity contribution is 0.0476. The summed E-state index contributed by atoms with van der Waals surface area (Å²) in [6.45, 7) is 1.50. The number of esters is 1. The first-order valence-electron chi connectivity index (χ1n) is 7.49.